The molecular weight excluding hydrogens is 262 g/mol. The summed E-state index contributed by atoms with van der Waals surface area (Å²) in [6, 6.07) is 11.0. The number of anilines is 1. The molecule has 5 heteroatoms. The Hall–Kier alpha value is -1.91. The quantitative estimate of drug-likeness (QED) is 0.900. The molecule has 1 aromatic heterocycles. The second kappa shape index (κ2) is 6.31. The Bertz CT molecular complexity index is 569. The molecule has 0 aliphatic heterocycles. The monoisotopic (exact) mass is 275 g/mol. The Morgan fingerprint density at radius 1 is 1.21 bits per heavy atom. The van der Waals surface area contributed by atoms with E-state index in [0.29, 0.717) is 17.4 Å². The number of amides is 1. The van der Waals surface area contributed by atoms with Crippen LogP contribution in [0.2, 0.25) is 5.02 Å². The van der Waals surface area contributed by atoms with Gasteiger partial charge in [-0.05, 0) is 23.3 Å². The Morgan fingerprint density at radius 2 is 1.95 bits per heavy atom. The Morgan fingerprint density at radius 3 is 2.58 bits per heavy atom. The van der Waals surface area contributed by atoms with Gasteiger partial charge in [0.15, 0.2) is 0 Å². The minimum absolute atomic E-state index is 0.129. The Kier molecular flexibility index (Phi) is 4.49. The number of rotatable bonds is 4. The minimum atomic E-state index is -0.129. The van der Waals surface area contributed by atoms with E-state index in [1.807, 2.05) is 24.3 Å². The fraction of sp³-hybridized carbons (Fsp3) is 0.143. The average Bonchev–Trinajstić information content (AvgIpc) is 2.42. The zero-order valence-electron chi connectivity index (χ0n) is 10.3. The predicted molar refractivity (Wildman–Crippen MR) is 75.9 cm³/mol. The van der Waals surface area contributed by atoms with E-state index in [-0.39, 0.29) is 12.3 Å². The third kappa shape index (κ3) is 3.77. The lowest BCUT2D eigenvalue weighted by atomic mass is 10.0. The van der Waals surface area contributed by atoms with Crippen LogP contribution in [0.1, 0.15) is 11.1 Å². The van der Waals surface area contributed by atoms with Gasteiger partial charge in [-0.1, -0.05) is 35.9 Å². The molecule has 0 unspecified atom stereocenters. The van der Waals surface area contributed by atoms with E-state index < -0.39 is 0 Å². The van der Waals surface area contributed by atoms with Crippen molar-refractivity contribution in [3.63, 3.8) is 0 Å². The number of halogens is 1. The number of nitrogens with two attached hydrogens (primary N) is 1. The topological polar surface area (TPSA) is 68.0 Å². The average molecular weight is 276 g/mol. The molecule has 0 bridgehead atoms. The number of aromatic nitrogens is 1. The molecule has 1 aromatic carbocycles. The normalized spacial score (nSPS) is 10.2. The number of nitrogens with zero attached hydrogens (tertiary/aromatic N) is 1. The van der Waals surface area contributed by atoms with Crippen LogP contribution >= 0.6 is 11.6 Å². The minimum Gasteiger partial charge on any atom is -0.326 e. The van der Waals surface area contributed by atoms with Gasteiger partial charge in [-0.15, -0.1) is 0 Å². The highest BCUT2D eigenvalue weighted by Gasteiger charge is 2.07. The van der Waals surface area contributed by atoms with Crippen LogP contribution in [0.3, 0.4) is 0 Å². The standard InChI is InChI=1S/C14H14ClN3O/c15-12-5-6-13(17-9-12)18-14(19)7-10-3-1-2-4-11(10)8-16/h1-6,9H,7-8,16H2,(H,17,18,19). The van der Waals surface area contributed by atoms with E-state index >= 15 is 0 Å². The zero-order valence-corrected chi connectivity index (χ0v) is 11.0. The van der Waals surface area contributed by atoms with E-state index in [2.05, 4.69) is 10.3 Å². The van der Waals surface area contributed by atoms with Gasteiger partial charge in [-0.3, -0.25) is 4.79 Å². The number of carbonyl (C=O) groups is 1. The van der Waals surface area contributed by atoms with Crippen LogP contribution in [0.25, 0.3) is 0 Å². The lowest BCUT2D eigenvalue weighted by molar-refractivity contribution is -0.115. The van der Waals surface area contributed by atoms with Crippen molar-refractivity contribution in [1.82, 2.24) is 4.98 Å². The van der Waals surface area contributed by atoms with Crippen LogP contribution in [0.4, 0.5) is 5.82 Å². The number of nitrogens with one attached hydrogen (secondary N) is 1. The summed E-state index contributed by atoms with van der Waals surface area (Å²) in [6.45, 7) is 0.419. The molecule has 3 N–H and O–H groups in total. The zero-order chi connectivity index (χ0) is 13.7. The molecule has 0 aliphatic rings. The molecule has 98 valence electrons. The smallest absolute Gasteiger partial charge is 0.229 e. The number of hydrogen-bond acceptors (Lipinski definition) is 3. The van der Waals surface area contributed by atoms with Gasteiger partial charge in [-0.25, -0.2) is 4.98 Å². The second-order valence-electron chi connectivity index (χ2n) is 4.06. The van der Waals surface area contributed by atoms with E-state index in [1.165, 1.54) is 6.20 Å². The van der Waals surface area contributed by atoms with Crippen molar-refractivity contribution in [2.45, 2.75) is 13.0 Å². The first kappa shape index (κ1) is 13.5. The largest absolute Gasteiger partial charge is 0.326 e. The van der Waals surface area contributed by atoms with Gasteiger partial charge in [0.2, 0.25) is 5.91 Å². The molecule has 1 heterocycles. The Balaban J connectivity index is 2.03. The highest BCUT2D eigenvalue weighted by atomic mass is 35.5. The summed E-state index contributed by atoms with van der Waals surface area (Å²) < 4.78 is 0. The van der Waals surface area contributed by atoms with Gasteiger partial charge in [-0.2, -0.15) is 0 Å². The molecule has 0 atom stereocenters. The van der Waals surface area contributed by atoms with Crippen molar-refractivity contribution in [2.24, 2.45) is 5.73 Å². The van der Waals surface area contributed by atoms with E-state index in [1.54, 1.807) is 12.1 Å². The molecular formula is C14H14ClN3O. The van der Waals surface area contributed by atoms with Crippen LogP contribution in [0, 0.1) is 0 Å². The molecule has 0 aliphatic carbocycles. The summed E-state index contributed by atoms with van der Waals surface area (Å²) in [5, 5.41) is 3.25. The van der Waals surface area contributed by atoms with Crippen LogP contribution in [0.15, 0.2) is 42.6 Å². The molecule has 0 fully saturated rings. The van der Waals surface area contributed by atoms with Crippen LogP contribution in [0.5, 0.6) is 0 Å². The van der Waals surface area contributed by atoms with E-state index in [9.17, 15) is 4.79 Å². The molecule has 19 heavy (non-hydrogen) atoms. The van der Waals surface area contributed by atoms with Crippen molar-refractivity contribution >= 4 is 23.3 Å². The van der Waals surface area contributed by atoms with Crippen molar-refractivity contribution in [3.05, 3.63) is 58.7 Å². The highest BCUT2D eigenvalue weighted by Crippen LogP contribution is 2.12. The van der Waals surface area contributed by atoms with E-state index in [0.717, 1.165) is 11.1 Å². The van der Waals surface area contributed by atoms with Gasteiger partial charge < -0.3 is 11.1 Å². The molecule has 1 amide bonds. The molecule has 0 spiro atoms. The van der Waals surface area contributed by atoms with Crippen LogP contribution in [-0.2, 0) is 17.8 Å². The SMILES string of the molecule is NCc1ccccc1CC(=O)Nc1ccc(Cl)cn1. The molecule has 0 radical (unpaired) electrons. The van der Waals surface area contributed by atoms with Crippen molar-refractivity contribution in [3.8, 4) is 0 Å². The summed E-state index contributed by atoms with van der Waals surface area (Å²) in [5.41, 5.74) is 7.54. The number of pyridine rings is 1. The van der Waals surface area contributed by atoms with Gasteiger partial charge >= 0.3 is 0 Å². The molecule has 0 saturated carbocycles. The summed E-state index contributed by atoms with van der Waals surface area (Å²) in [6.07, 6.45) is 1.77. The summed E-state index contributed by atoms with van der Waals surface area (Å²) in [7, 11) is 0. The van der Waals surface area contributed by atoms with Gasteiger partial charge in [0.25, 0.3) is 0 Å². The molecule has 2 rings (SSSR count). The first-order valence-electron chi connectivity index (χ1n) is 5.87. The maximum atomic E-state index is 11.9. The van der Waals surface area contributed by atoms with Gasteiger partial charge in [0.05, 0.1) is 11.4 Å². The first-order chi connectivity index (χ1) is 9.19. The van der Waals surface area contributed by atoms with Crippen molar-refractivity contribution in [1.29, 1.82) is 0 Å². The fourth-order valence-electron chi connectivity index (χ4n) is 1.74. The van der Waals surface area contributed by atoms with Crippen LogP contribution < -0.4 is 11.1 Å². The van der Waals surface area contributed by atoms with Gasteiger partial charge in [0.1, 0.15) is 5.82 Å². The lowest BCUT2D eigenvalue weighted by Gasteiger charge is -2.08. The number of carbonyl (C=O) groups excluding carboxylic acids is 1. The third-order valence-electron chi connectivity index (χ3n) is 2.68. The highest BCUT2D eigenvalue weighted by molar-refractivity contribution is 6.30. The molecule has 2 aromatic rings. The predicted octanol–water partition coefficient (Wildman–Crippen LogP) is 2.37. The fourth-order valence-corrected chi connectivity index (χ4v) is 1.85. The lowest BCUT2D eigenvalue weighted by Crippen LogP contribution is -2.16. The second-order valence-corrected chi connectivity index (χ2v) is 4.50. The van der Waals surface area contributed by atoms with Gasteiger partial charge in [0, 0.05) is 12.7 Å². The Labute approximate surface area is 116 Å². The maximum absolute atomic E-state index is 11.9. The number of hydrogen-bond donors (Lipinski definition) is 2. The maximum Gasteiger partial charge on any atom is 0.229 e. The third-order valence-corrected chi connectivity index (χ3v) is 2.91. The van der Waals surface area contributed by atoms with Crippen molar-refractivity contribution < 1.29 is 4.79 Å². The van der Waals surface area contributed by atoms with E-state index in [4.69, 9.17) is 17.3 Å². The van der Waals surface area contributed by atoms with Crippen LogP contribution in [-0.4, -0.2) is 10.9 Å². The summed E-state index contributed by atoms with van der Waals surface area (Å²) in [4.78, 5) is 15.9. The first-order valence-corrected chi connectivity index (χ1v) is 6.25. The molecule has 4 nitrogen and oxygen atoms in total. The van der Waals surface area contributed by atoms with Crippen molar-refractivity contribution in [2.75, 3.05) is 5.32 Å². The molecule has 0 saturated heterocycles. The summed E-state index contributed by atoms with van der Waals surface area (Å²) in [5.74, 6) is 0.357. The summed E-state index contributed by atoms with van der Waals surface area (Å²) >= 11 is 5.73. The number of benzene rings is 1.